The molecule has 2 aromatic heterocycles. The van der Waals surface area contributed by atoms with Crippen molar-refractivity contribution in [3.05, 3.63) is 120 Å². The zero-order chi connectivity index (χ0) is 24.6. The van der Waals surface area contributed by atoms with Crippen molar-refractivity contribution in [2.75, 3.05) is 0 Å². The second-order valence-corrected chi connectivity index (χ2v) is 9.23. The summed E-state index contributed by atoms with van der Waals surface area (Å²) in [5.74, 6) is 2.00. The molecule has 4 heteroatoms. The third kappa shape index (κ3) is 3.83. The van der Waals surface area contributed by atoms with Gasteiger partial charge in [0.25, 0.3) is 0 Å². The summed E-state index contributed by atoms with van der Waals surface area (Å²) < 4.78 is 2.36. The summed E-state index contributed by atoms with van der Waals surface area (Å²) in [4.78, 5) is 14.7. The molecule has 4 aromatic carbocycles. The maximum atomic E-state index is 4.93. The van der Waals surface area contributed by atoms with E-state index < -0.39 is 0 Å². The molecule has 0 unspecified atom stereocenters. The molecule has 0 aliphatic heterocycles. The zero-order valence-corrected chi connectivity index (χ0v) is 20.3. The second kappa shape index (κ2) is 8.99. The van der Waals surface area contributed by atoms with Crippen LogP contribution in [-0.4, -0.2) is 19.5 Å². The molecule has 1 aliphatic carbocycles. The Morgan fingerprint density at radius 1 is 0.514 bits per heavy atom. The highest BCUT2D eigenvalue weighted by molar-refractivity contribution is 5.84. The first-order chi connectivity index (χ1) is 18.3. The first-order valence-electron chi connectivity index (χ1n) is 12.6. The predicted octanol–water partition coefficient (Wildman–Crippen LogP) is 6.17. The van der Waals surface area contributed by atoms with Crippen LogP contribution in [0.2, 0.25) is 0 Å². The lowest BCUT2D eigenvalue weighted by Gasteiger charge is -2.11. The summed E-state index contributed by atoms with van der Waals surface area (Å²) in [6, 6.07) is 37.4. The van der Waals surface area contributed by atoms with E-state index in [1.54, 1.807) is 0 Å². The van der Waals surface area contributed by atoms with Gasteiger partial charge in [0.05, 0.1) is 5.52 Å². The number of nitrogens with zero attached hydrogens (tertiary/aromatic N) is 4. The molecule has 37 heavy (non-hydrogen) atoms. The van der Waals surface area contributed by atoms with Gasteiger partial charge in [0.15, 0.2) is 17.5 Å². The van der Waals surface area contributed by atoms with Gasteiger partial charge >= 0.3 is 0 Å². The molecule has 4 nitrogen and oxygen atoms in total. The van der Waals surface area contributed by atoms with E-state index in [0.717, 1.165) is 35.2 Å². The van der Waals surface area contributed by atoms with Crippen molar-refractivity contribution in [1.29, 1.82) is 0 Å². The van der Waals surface area contributed by atoms with Crippen molar-refractivity contribution >= 4 is 23.1 Å². The van der Waals surface area contributed by atoms with Crippen molar-refractivity contribution in [3.8, 4) is 39.9 Å². The largest absolute Gasteiger partial charge is 0.310 e. The van der Waals surface area contributed by atoms with Crippen LogP contribution in [0.5, 0.6) is 0 Å². The van der Waals surface area contributed by atoms with Crippen LogP contribution in [0.15, 0.2) is 109 Å². The summed E-state index contributed by atoms with van der Waals surface area (Å²) in [6.45, 7) is 0. The fraction of sp³-hybridized carbons (Fsp3) is 0.0606. The van der Waals surface area contributed by atoms with Crippen LogP contribution in [0.4, 0.5) is 0 Å². The molecule has 176 valence electrons. The minimum absolute atomic E-state index is 0.662. The molecule has 7 rings (SSSR count). The molecule has 0 saturated heterocycles. The Morgan fingerprint density at radius 2 is 1.08 bits per heavy atom. The zero-order valence-electron chi connectivity index (χ0n) is 20.3. The molecule has 0 saturated carbocycles. The normalized spacial score (nSPS) is 12.5. The first kappa shape index (κ1) is 21.5. The van der Waals surface area contributed by atoms with E-state index >= 15 is 0 Å². The molecule has 0 atom stereocenters. The minimum atomic E-state index is 0.662. The van der Waals surface area contributed by atoms with E-state index in [1.807, 2.05) is 60.7 Å². The number of hydrogen-bond donors (Lipinski definition) is 0. The highest BCUT2D eigenvalue weighted by atomic mass is 15.0. The molecule has 0 fully saturated rings. The molecule has 0 spiro atoms. The Morgan fingerprint density at radius 3 is 1.78 bits per heavy atom. The third-order valence-electron chi connectivity index (χ3n) is 6.87. The van der Waals surface area contributed by atoms with Gasteiger partial charge in [-0.1, -0.05) is 103 Å². The standard InChI is InChI=1S/C33H24N4/c1-3-12-23(13-4-1)31-34-32(24-14-5-2-6-15-24)36-33(35-31)25-16-11-17-26(22-25)37-29-20-9-7-18-27(29)28-19-8-10-21-30(28)37/h1-7,9,11-22H,8,10H2. The van der Waals surface area contributed by atoms with Crippen molar-refractivity contribution in [2.24, 2.45) is 0 Å². The van der Waals surface area contributed by atoms with E-state index in [-0.39, 0.29) is 0 Å². The van der Waals surface area contributed by atoms with E-state index in [4.69, 9.17) is 15.0 Å². The minimum Gasteiger partial charge on any atom is -0.310 e. The Kier molecular flexibility index (Phi) is 5.21. The lowest BCUT2D eigenvalue weighted by molar-refractivity contribution is 1.02. The van der Waals surface area contributed by atoms with E-state index in [9.17, 15) is 0 Å². The van der Waals surface area contributed by atoms with Crippen LogP contribution >= 0.6 is 0 Å². The van der Waals surface area contributed by atoms with Crippen LogP contribution in [-0.2, 0) is 0 Å². The number of rotatable bonds is 4. The molecule has 6 aromatic rings. The maximum absolute atomic E-state index is 4.93. The first-order valence-corrected chi connectivity index (χ1v) is 12.6. The molecule has 0 radical (unpaired) electrons. The summed E-state index contributed by atoms with van der Waals surface area (Å²) in [6.07, 6.45) is 6.85. The molecular formula is C33H24N4. The number of aromatic nitrogens is 4. The van der Waals surface area contributed by atoms with Gasteiger partial charge < -0.3 is 4.57 Å². The monoisotopic (exact) mass is 476 g/mol. The van der Waals surface area contributed by atoms with Crippen molar-refractivity contribution < 1.29 is 0 Å². The Hall–Kier alpha value is -4.83. The van der Waals surface area contributed by atoms with E-state index in [1.165, 1.54) is 21.5 Å². The topological polar surface area (TPSA) is 43.6 Å². The second-order valence-electron chi connectivity index (χ2n) is 9.23. The summed E-state index contributed by atoms with van der Waals surface area (Å²) >= 11 is 0. The van der Waals surface area contributed by atoms with Gasteiger partial charge in [-0.2, -0.15) is 0 Å². The Labute approximate surface area is 214 Å². The highest BCUT2D eigenvalue weighted by Crippen LogP contribution is 2.26. The molecule has 0 amide bonds. The van der Waals surface area contributed by atoms with Gasteiger partial charge in [-0.3, -0.25) is 0 Å². The average Bonchev–Trinajstić information content (AvgIpc) is 3.32. The van der Waals surface area contributed by atoms with E-state index in [2.05, 4.69) is 65.3 Å². The SMILES string of the molecule is C1=c2c(n(-c3cccc(-c4nc(-c5ccccc5)nc(-c5ccccc5)n4)c3)c3ccccc23)=CCC1. The average molecular weight is 477 g/mol. The molecule has 0 N–H and O–H groups in total. The van der Waals surface area contributed by atoms with Gasteiger partial charge in [-0.15, -0.1) is 0 Å². The van der Waals surface area contributed by atoms with Crippen LogP contribution in [0.3, 0.4) is 0 Å². The summed E-state index contributed by atoms with van der Waals surface area (Å²) in [5.41, 5.74) is 5.21. The maximum Gasteiger partial charge on any atom is 0.164 e. The van der Waals surface area contributed by atoms with Gasteiger partial charge in [0, 0.05) is 38.3 Å². The van der Waals surface area contributed by atoms with Gasteiger partial charge in [-0.25, -0.2) is 15.0 Å². The Bertz CT molecular complexity index is 1810. The molecule has 0 bridgehead atoms. The lowest BCUT2D eigenvalue weighted by atomic mass is 10.1. The smallest absolute Gasteiger partial charge is 0.164 e. The molecule has 1 aliphatic rings. The Balaban J connectivity index is 1.44. The van der Waals surface area contributed by atoms with Crippen molar-refractivity contribution in [2.45, 2.75) is 12.8 Å². The molecule has 2 heterocycles. The lowest BCUT2D eigenvalue weighted by Crippen LogP contribution is -2.30. The van der Waals surface area contributed by atoms with Gasteiger partial charge in [0.1, 0.15) is 0 Å². The van der Waals surface area contributed by atoms with Crippen LogP contribution in [0.25, 0.3) is 62.9 Å². The van der Waals surface area contributed by atoms with Crippen molar-refractivity contribution in [1.82, 2.24) is 19.5 Å². The number of para-hydroxylation sites is 1. The van der Waals surface area contributed by atoms with Crippen molar-refractivity contribution in [3.63, 3.8) is 0 Å². The fourth-order valence-electron chi connectivity index (χ4n) is 5.15. The fourth-order valence-corrected chi connectivity index (χ4v) is 5.15. The van der Waals surface area contributed by atoms with Crippen LogP contribution < -0.4 is 10.6 Å². The third-order valence-corrected chi connectivity index (χ3v) is 6.87. The number of fused-ring (bicyclic) bond motifs is 3. The quantitative estimate of drug-likeness (QED) is 0.306. The summed E-state index contributed by atoms with van der Waals surface area (Å²) in [7, 11) is 0. The molecular weight excluding hydrogens is 452 g/mol. The van der Waals surface area contributed by atoms with Crippen LogP contribution in [0, 0.1) is 0 Å². The van der Waals surface area contributed by atoms with Crippen LogP contribution in [0.1, 0.15) is 12.8 Å². The summed E-state index contributed by atoms with van der Waals surface area (Å²) in [5, 5.41) is 3.87. The highest BCUT2D eigenvalue weighted by Gasteiger charge is 2.15. The predicted molar refractivity (Wildman–Crippen MR) is 150 cm³/mol. The van der Waals surface area contributed by atoms with E-state index in [0.29, 0.717) is 17.5 Å². The van der Waals surface area contributed by atoms with Gasteiger partial charge in [0.2, 0.25) is 0 Å². The number of hydrogen-bond acceptors (Lipinski definition) is 3. The van der Waals surface area contributed by atoms with Gasteiger partial charge in [-0.05, 0) is 31.0 Å². The number of benzene rings is 4.